The molecule has 0 saturated carbocycles. The summed E-state index contributed by atoms with van der Waals surface area (Å²) in [6.07, 6.45) is 1.99. The van der Waals surface area contributed by atoms with Gasteiger partial charge in [0.25, 0.3) is 0 Å². The Hall–Kier alpha value is -2.58. The zero-order valence-electron chi connectivity index (χ0n) is 21.1. The highest BCUT2D eigenvalue weighted by Crippen LogP contribution is 2.23. The molecule has 1 atom stereocenters. The molecule has 2 aromatic carbocycles. The Bertz CT molecular complexity index is 1100. The van der Waals surface area contributed by atoms with Crippen molar-refractivity contribution in [1.29, 1.82) is 0 Å². The molecule has 2 rings (SSSR count). The van der Waals surface area contributed by atoms with Crippen LogP contribution in [0.4, 0.5) is 5.69 Å². The van der Waals surface area contributed by atoms with E-state index < -0.39 is 16.1 Å². The number of carbonyl (C=O) groups excluding carboxylic acids is 2. The maximum absolute atomic E-state index is 13.4. The first kappa shape index (κ1) is 28.7. The summed E-state index contributed by atoms with van der Waals surface area (Å²) in [5.74, 6) is -0.393. The van der Waals surface area contributed by atoms with Crippen LogP contribution < -0.4 is 9.62 Å². The van der Waals surface area contributed by atoms with Gasteiger partial charge in [0.1, 0.15) is 6.04 Å². The molecule has 0 heterocycles. The highest BCUT2D eigenvalue weighted by Gasteiger charge is 2.29. The Balaban J connectivity index is 2.21. The van der Waals surface area contributed by atoms with Crippen LogP contribution in [0.15, 0.2) is 48.5 Å². The number of sulfonamides is 1. The van der Waals surface area contributed by atoms with E-state index in [1.54, 1.807) is 29.2 Å². The third-order valence-electron chi connectivity index (χ3n) is 5.54. The van der Waals surface area contributed by atoms with Gasteiger partial charge in [-0.3, -0.25) is 13.9 Å². The summed E-state index contributed by atoms with van der Waals surface area (Å²) in [7, 11) is -3.57. The second-order valence-corrected chi connectivity index (χ2v) is 11.4. The molecule has 7 nitrogen and oxygen atoms in total. The lowest BCUT2D eigenvalue weighted by Crippen LogP contribution is -2.50. The largest absolute Gasteiger partial charge is 0.352 e. The van der Waals surface area contributed by atoms with Gasteiger partial charge >= 0.3 is 0 Å². The molecule has 0 aromatic heterocycles. The lowest BCUT2D eigenvalue weighted by atomic mass is 10.1. The fourth-order valence-electron chi connectivity index (χ4n) is 3.83. The highest BCUT2D eigenvalue weighted by molar-refractivity contribution is 7.92. The van der Waals surface area contributed by atoms with E-state index in [4.69, 9.17) is 11.6 Å². The van der Waals surface area contributed by atoms with E-state index in [1.165, 1.54) is 4.31 Å². The van der Waals surface area contributed by atoms with Gasteiger partial charge in [0.2, 0.25) is 21.8 Å². The predicted octanol–water partition coefficient (Wildman–Crippen LogP) is 4.53. The van der Waals surface area contributed by atoms with Gasteiger partial charge < -0.3 is 10.2 Å². The lowest BCUT2D eigenvalue weighted by Gasteiger charge is -2.31. The van der Waals surface area contributed by atoms with E-state index in [1.807, 2.05) is 52.0 Å². The molecule has 2 amide bonds. The quantitative estimate of drug-likeness (QED) is 0.444. The fraction of sp³-hybridized carbons (Fsp3) is 0.462. The van der Waals surface area contributed by atoms with Crippen LogP contribution in [0.2, 0.25) is 5.02 Å². The Morgan fingerprint density at radius 3 is 2.29 bits per heavy atom. The number of nitrogens with one attached hydrogen (secondary N) is 1. The monoisotopic (exact) mass is 521 g/mol. The fourth-order valence-corrected chi connectivity index (χ4v) is 4.97. The molecular formula is C26H36ClN3O4S. The maximum atomic E-state index is 13.4. The highest BCUT2D eigenvalue weighted by atomic mass is 35.5. The van der Waals surface area contributed by atoms with E-state index in [-0.39, 0.29) is 30.8 Å². The number of amides is 2. The minimum Gasteiger partial charge on any atom is -0.352 e. The molecule has 0 spiro atoms. The molecule has 0 saturated heterocycles. The van der Waals surface area contributed by atoms with E-state index in [0.29, 0.717) is 30.1 Å². The number of halogens is 1. The summed E-state index contributed by atoms with van der Waals surface area (Å²) in [4.78, 5) is 27.9. The number of anilines is 1. The van der Waals surface area contributed by atoms with Crippen LogP contribution in [0.5, 0.6) is 0 Å². The Morgan fingerprint density at radius 2 is 1.74 bits per heavy atom. The number of benzene rings is 2. The van der Waals surface area contributed by atoms with Crippen LogP contribution in [0.1, 0.15) is 51.2 Å². The van der Waals surface area contributed by atoms with Crippen LogP contribution >= 0.6 is 11.6 Å². The Labute approximate surface area is 214 Å². The zero-order valence-corrected chi connectivity index (χ0v) is 22.7. The molecule has 0 aliphatic rings. The Morgan fingerprint density at radius 1 is 1.09 bits per heavy atom. The Kier molecular flexibility index (Phi) is 10.6. The van der Waals surface area contributed by atoms with Gasteiger partial charge in [0.05, 0.1) is 11.9 Å². The third-order valence-corrected chi connectivity index (χ3v) is 6.97. The summed E-state index contributed by atoms with van der Waals surface area (Å²) in [6.45, 7) is 8.06. The minimum atomic E-state index is -3.57. The molecule has 0 bridgehead atoms. The van der Waals surface area contributed by atoms with Crippen LogP contribution in [-0.4, -0.2) is 50.0 Å². The van der Waals surface area contributed by atoms with Crippen LogP contribution in [0.25, 0.3) is 0 Å². The van der Waals surface area contributed by atoms with E-state index in [9.17, 15) is 18.0 Å². The predicted molar refractivity (Wildman–Crippen MR) is 142 cm³/mol. The molecule has 0 aliphatic heterocycles. The molecular weight excluding hydrogens is 486 g/mol. The smallest absolute Gasteiger partial charge is 0.243 e. The van der Waals surface area contributed by atoms with Gasteiger partial charge in [0.15, 0.2) is 0 Å². The van der Waals surface area contributed by atoms with Crippen molar-refractivity contribution in [1.82, 2.24) is 10.2 Å². The number of nitrogens with zero attached hydrogens (tertiary/aromatic N) is 2. The molecule has 0 fully saturated rings. The number of rotatable bonds is 12. The number of carbonyl (C=O) groups is 2. The summed E-state index contributed by atoms with van der Waals surface area (Å²) in [5.41, 5.74) is 2.49. The van der Waals surface area contributed by atoms with Crippen LogP contribution in [0, 0.1) is 6.92 Å². The maximum Gasteiger partial charge on any atom is 0.243 e. The van der Waals surface area contributed by atoms with Crippen molar-refractivity contribution in [3.05, 3.63) is 64.7 Å². The van der Waals surface area contributed by atoms with Crippen molar-refractivity contribution in [2.75, 3.05) is 17.1 Å². The van der Waals surface area contributed by atoms with Crippen LogP contribution in [0.3, 0.4) is 0 Å². The molecule has 35 heavy (non-hydrogen) atoms. The van der Waals surface area contributed by atoms with E-state index in [0.717, 1.165) is 17.4 Å². The van der Waals surface area contributed by atoms with Gasteiger partial charge in [-0.25, -0.2) is 8.42 Å². The van der Waals surface area contributed by atoms with Gasteiger partial charge in [-0.1, -0.05) is 54.4 Å². The average Bonchev–Trinajstić information content (AvgIpc) is 2.76. The number of hydrogen-bond acceptors (Lipinski definition) is 4. The van der Waals surface area contributed by atoms with Crippen molar-refractivity contribution in [3.63, 3.8) is 0 Å². The van der Waals surface area contributed by atoms with Crippen molar-refractivity contribution >= 4 is 39.1 Å². The van der Waals surface area contributed by atoms with Gasteiger partial charge in [-0.2, -0.15) is 0 Å². The van der Waals surface area contributed by atoms with Gasteiger partial charge in [-0.05, 0) is 57.4 Å². The SMILES string of the molecule is CC[C@H](C(=O)NC(C)C)N(Cc1ccc(C)cc1)C(=O)CCCN(c1cccc(Cl)c1)S(C)(=O)=O. The molecule has 9 heteroatoms. The molecule has 192 valence electrons. The first-order valence-electron chi connectivity index (χ1n) is 11.8. The molecule has 0 radical (unpaired) electrons. The molecule has 2 aromatic rings. The van der Waals surface area contributed by atoms with E-state index >= 15 is 0 Å². The second kappa shape index (κ2) is 12.9. The second-order valence-electron chi connectivity index (χ2n) is 9.01. The van der Waals surface area contributed by atoms with Crippen molar-refractivity contribution in [2.45, 2.75) is 65.6 Å². The van der Waals surface area contributed by atoms with Crippen molar-refractivity contribution < 1.29 is 18.0 Å². The van der Waals surface area contributed by atoms with E-state index in [2.05, 4.69) is 5.32 Å². The number of hydrogen-bond donors (Lipinski definition) is 1. The summed E-state index contributed by atoms with van der Waals surface area (Å²) >= 11 is 6.05. The van der Waals surface area contributed by atoms with Crippen LogP contribution in [-0.2, 0) is 26.2 Å². The minimum absolute atomic E-state index is 0.0473. The summed E-state index contributed by atoms with van der Waals surface area (Å²) in [6, 6.07) is 13.8. The van der Waals surface area contributed by atoms with Crippen molar-refractivity contribution in [2.24, 2.45) is 0 Å². The summed E-state index contributed by atoms with van der Waals surface area (Å²) in [5, 5.41) is 3.34. The summed E-state index contributed by atoms with van der Waals surface area (Å²) < 4.78 is 26.1. The number of aryl methyl sites for hydroxylation is 1. The topological polar surface area (TPSA) is 86.8 Å². The van der Waals surface area contributed by atoms with Gasteiger partial charge in [0, 0.05) is 30.6 Å². The standard InChI is InChI=1S/C26H36ClN3O4S/c1-6-24(26(32)28-19(2)3)29(18-21-14-12-20(4)13-15-21)25(31)11-8-16-30(35(5,33)34)23-10-7-9-22(27)17-23/h7,9-10,12-15,17,19,24H,6,8,11,16,18H2,1-5H3,(H,28,32)/t24-/m1/s1. The molecule has 0 aliphatic carbocycles. The first-order chi connectivity index (χ1) is 16.4. The lowest BCUT2D eigenvalue weighted by molar-refractivity contribution is -0.141. The first-order valence-corrected chi connectivity index (χ1v) is 14.0. The normalized spacial score (nSPS) is 12.3. The average molecular weight is 522 g/mol. The molecule has 0 unspecified atom stereocenters. The van der Waals surface area contributed by atoms with Gasteiger partial charge in [-0.15, -0.1) is 0 Å². The molecule has 1 N–H and O–H groups in total. The third kappa shape index (κ3) is 8.85. The van der Waals surface area contributed by atoms with Crippen molar-refractivity contribution in [3.8, 4) is 0 Å². The zero-order chi connectivity index (χ0) is 26.2.